The molecule has 0 heterocycles. The Balaban J connectivity index is 2.38. The molecular weight excluding hydrogens is 273 g/mol. The van der Waals surface area contributed by atoms with Crippen molar-refractivity contribution >= 4 is 40.7 Å². The van der Waals surface area contributed by atoms with E-state index in [-0.39, 0.29) is 0 Å². The van der Waals surface area contributed by atoms with Crippen LogP contribution in [0.1, 0.15) is 5.56 Å². The van der Waals surface area contributed by atoms with Gasteiger partial charge in [-0.2, -0.15) is 0 Å². The van der Waals surface area contributed by atoms with E-state index >= 15 is 0 Å². The van der Waals surface area contributed by atoms with Gasteiger partial charge in [-0.05, 0) is 36.8 Å². The van der Waals surface area contributed by atoms with Gasteiger partial charge in [-0.1, -0.05) is 47.1 Å². The number of benzene rings is 2. The molecule has 2 aromatic rings. The molecule has 2 rings (SSSR count). The Morgan fingerprint density at radius 3 is 2.59 bits per heavy atom. The number of anilines is 1. The molecule has 88 valence electrons. The normalized spacial score (nSPS) is 10.5. The highest BCUT2D eigenvalue weighted by Gasteiger charge is 2.07. The summed E-state index contributed by atoms with van der Waals surface area (Å²) >= 11 is 13.6. The van der Waals surface area contributed by atoms with Gasteiger partial charge >= 0.3 is 0 Å². The highest BCUT2D eigenvalue weighted by molar-refractivity contribution is 7.99. The molecule has 0 atom stereocenters. The van der Waals surface area contributed by atoms with Gasteiger partial charge in [0, 0.05) is 20.5 Å². The Labute approximate surface area is 115 Å². The molecule has 2 aromatic carbocycles. The summed E-state index contributed by atoms with van der Waals surface area (Å²) in [6, 6.07) is 11.3. The van der Waals surface area contributed by atoms with Crippen LogP contribution in [-0.2, 0) is 0 Å². The molecule has 0 unspecified atom stereocenters. The Morgan fingerprint density at radius 2 is 1.82 bits per heavy atom. The van der Waals surface area contributed by atoms with Crippen molar-refractivity contribution < 1.29 is 0 Å². The average molecular weight is 284 g/mol. The molecule has 0 aliphatic rings. The maximum Gasteiger partial charge on any atom is 0.0546 e. The number of hydrogen-bond acceptors (Lipinski definition) is 2. The number of aryl methyl sites for hydroxylation is 1. The first-order valence-electron chi connectivity index (χ1n) is 5.06. The molecule has 0 bridgehead atoms. The summed E-state index contributed by atoms with van der Waals surface area (Å²) in [7, 11) is 0. The minimum absolute atomic E-state index is 0.670. The molecule has 0 aliphatic heterocycles. The highest BCUT2D eigenvalue weighted by atomic mass is 35.5. The van der Waals surface area contributed by atoms with Crippen LogP contribution >= 0.6 is 35.0 Å². The predicted octanol–water partition coefficient (Wildman–Crippen LogP) is 5.04. The van der Waals surface area contributed by atoms with E-state index in [1.54, 1.807) is 12.1 Å². The van der Waals surface area contributed by atoms with Crippen LogP contribution in [0, 0.1) is 6.92 Å². The molecule has 0 saturated heterocycles. The van der Waals surface area contributed by atoms with Crippen molar-refractivity contribution in [2.45, 2.75) is 16.7 Å². The SMILES string of the molecule is Cc1cccc(Sc2cc(Cl)ccc2Cl)c1N. The number of para-hydroxylation sites is 1. The summed E-state index contributed by atoms with van der Waals surface area (Å²) in [5.41, 5.74) is 7.87. The number of nitrogens with two attached hydrogens (primary N) is 1. The first-order chi connectivity index (χ1) is 8.08. The third kappa shape index (κ3) is 2.89. The number of nitrogen functional groups attached to an aromatic ring is 1. The molecule has 0 amide bonds. The summed E-state index contributed by atoms with van der Waals surface area (Å²) in [4.78, 5) is 1.91. The second-order valence-electron chi connectivity index (χ2n) is 3.66. The fourth-order valence-electron chi connectivity index (χ4n) is 1.42. The second-order valence-corrected chi connectivity index (χ2v) is 5.59. The molecule has 2 N–H and O–H groups in total. The van der Waals surface area contributed by atoms with E-state index in [0.717, 1.165) is 21.0 Å². The zero-order valence-corrected chi connectivity index (χ0v) is 11.5. The summed E-state index contributed by atoms with van der Waals surface area (Å²) in [6.45, 7) is 1.99. The number of halogens is 2. The highest BCUT2D eigenvalue weighted by Crippen LogP contribution is 2.38. The van der Waals surface area contributed by atoms with E-state index < -0.39 is 0 Å². The van der Waals surface area contributed by atoms with Gasteiger partial charge in [0.25, 0.3) is 0 Å². The van der Waals surface area contributed by atoms with Crippen molar-refractivity contribution in [1.82, 2.24) is 0 Å². The largest absolute Gasteiger partial charge is 0.398 e. The van der Waals surface area contributed by atoms with Crippen molar-refractivity contribution in [3.63, 3.8) is 0 Å². The van der Waals surface area contributed by atoms with Crippen LogP contribution in [0.4, 0.5) is 5.69 Å². The second kappa shape index (κ2) is 5.21. The zero-order chi connectivity index (χ0) is 12.4. The molecular formula is C13H11Cl2NS. The molecule has 0 spiro atoms. The van der Waals surface area contributed by atoms with Gasteiger partial charge in [-0.25, -0.2) is 0 Å². The third-order valence-electron chi connectivity index (χ3n) is 2.40. The minimum atomic E-state index is 0.670. The fourth-order valence-corrected chi connectivity index (χ4v) is 2.89. The first kappa shape index (κ1) is 12.6. The van der Waals surface area contributed by atoms with Crippen LogP contribution in [0.25, 0.3) is 0 Å². The van der Waals surface area contributed by atoms with Crippen LogP contribution < -0.4 is 5.73 Å². The van der Waals surface area contributed by atoms with Crippen molar-refractivity contribution in [2.24, 2.45) is 0 Å². The maximum absolute atomic E-state index is 6.12. The lowest BCUT2D eigenvalue weighted by Crippen LogP contribution is -1.91. The zero-order valence-electron chi connectivity index (χ0n) is 9.21. The maximum atomic E-state index is 6.12. The first-order valence-corrected chi connectivity index (χ1v) is 6.63. The minimum Gasteiger partial charge on any atom is -0.398 e. The van der Waals surface area contributed by atoms with Gasteiger partial charge in [-0.15, -0.1) is 0 Å². The van der Waals surface area contributed by atoms with Crippen LogP contribution in [0.3, 0.4) is 0 Å². The molecule has 0 radical (unpaired) electrons. The van der Waals surface area contributed by atoms with Gasteiger partial charge < -0.3 is 5.73 Å². The van der Waals surface area contributed by atoms with Crippen LogP contribution in [0.2, 0.25) is 10.0 Å². The fraction of sp³-hybridized carbons (Fsp3) is 0.0769. The van der Waals surface area contributed by atoms with E-state index in [9.17, 15) is 0 Å². The van der Waals surface area contributed by atoms with Crippen LogP contribution in [-0.4, -0.2) is 0 Å². The topological polar surface area (TPSA) is 26.0 Å². The monoisotopic (exact) mass is 283 g/mol. The molecule has 0 aliphatic carbocycles. The van der Waals surface area contributed by atoms with E-state index in [0.29, 0.717) is 10.0 Å². The lowest BCUT2D eigenvalue weighted by molar-refractivity contribution is 1.35. The average Bonchev–Trinajstić information content (AvgIpc) is 2.30. The van der Waals surface area contributed by atoms with E-state index in [4.69, 9.17) is 28.9 Å². The number of hydrogen-bond donors (Lipinski definition) is 1. The van der Waals surface area contributed by atoms with Crippen molar-refractivity contribution in [1.29, 1.82) is 0 Å². The molecule has 1 nitrogen and oxygen atoms in total. The van der Waals surface area contributed by atoms with Gasteiger partial charge in [-0.3, -0.25) is 0 Å². The summed E-state index contributed by atoms with van der Waals surface area (Å²) < 4.78 is 0. The van der Waals surface area contributed by atoms with Gasteiger partial charge in [0.15, 0.2) is 0 Å². The summed E-state index contributed by atoms with van der Waals surface area (Å²) in [5.74, 6) is 0. The van der Waals surface area contributed by atoms with Crippen molar-refractivity contribution in [2.75, 3.05) is 5.73 Å². The Hall–Kier alpha value is -0.830. The standard InChI is InChI=1S/C13H11Cl2NS/c1-8-3-2-4-11(13(8)16)17-12-7-9(14)5-6-10(12)15/h2-7H,16H2,1H3. The Morgan fingerprint density at radius 1 is 1.06 bits per heavy atom. The smallest absolute Gasteiger partial charge is 0.0546 e. The quantitative estimate of drug-likeness (QED) is 0.782. The van der Waals surface area contributed by atoms with Gasteiger partial charge in [0.05, 0.1) is 5.02 Å². The Bertz CT molecular complexity index is 555. The van der Waals surface area contributed by atoms with E-state index in [2.05, 4.69) is 0 Å². The van der Waals surface area contributed by atoms with Gasteiger partial charge in [0.1, 0.15) is 0 Å². The Kier molecular flexibility index (Phi) is 3.87. The van der Waals surface area contributed by atoms with Crippen molar-refractivity contribution in [3.8, 4) is 0 Å². The number of rotatable bonds is 2. The predicted molar refractivity (Wildman–Crippen MR) is 76.2 cm³/mol. The lowest BCUT2D eigenvalue weighted by Gasteiger charge is -2.09. The molecule has 0 fully saturated rings. The molecule has 17 heavy (non-hydrogen) atoms. The van der Waals surface area contributed by atoms with Gasteiger partial charge in [0.2, 0.25) is 0 Å². The van der Waals surface area contributed by atoms with Crippen LogP contribution in [0.15, 0.2) is 46.2 Å². The summed E-state index contributed by atoms with van der Waals surface area (Å²) in [6.07, 6.45) is 0. The van der Waals surface area contributed by atoms with E-state index in [1.807, 2.05) is 31.2 Å². The molecule has 0 aromatic heterocycles. The third-order valence-corrected chi connectivity index (χ3v) is 4.21. The summed E-state index contributed by atoms with van der Waals surface area (Å²) in [5, 5.41) is 1.35. The molecule has 4 heteroatoms. The molecule has 0 saturated carbocycles. The van der Waals surface area contributed by atoms with Crippen LogP contribution in [0.5, 0.6) is 0 Å². The van der Waals surface area contributed by atoms with Crippen molar-refractivity contribution in [3.05, 3.63) is 52.0 Å². The van der Waals surface area contributed by atoms with E-state index in [1.165, 1.54) is 11.8 Å². The lowest BCUT2D eigenvalue weighted by atomic mass is 10.2.